The van der Waals surface area contributed by atoms with Crippen molar-refractivity contribution in [3.63, 3.8) is 0 Å². The van der Waals surface area contributed by atoms with Crippen molar-refractivity contribution < 1.29 is 4.74 Å². The molecular weight excluding hydrogens is 396 g/mol. The van der Waals surface area contributed by atoms with Gasteiger partial charge in [0.05, 0.1) is 6.20 Å². The third kappa shape index (κ3) is 5.41. The van der Waals surface area contributed by atoms with E-state index in [4.69, 9.17) is 4.74 Å². The van der Waals surface area contributed by atoms with Gasteiger partial charge in [0, 0.05) is 21.7 Å². The van der Waals surface area contributed by atoms with Gasteiger partial charge in [0.25, 0.3) is 0 Å². The summed E-state index contributed by atoms with van der Waals surface area (Å²) in [5, 5.41) is 3.43. The van der Waals surface area contributed by atoms with Gasteiger partial charge in [-0.3, -0.25) is 4.98 Å². The van der Waals surface area contributed by atoms with Gasteiger partial charge in [-0.15, -0.1) is 0 Å². The van der Waals surface area contributed by atoms with E-state index in [1.54, 1.807) is 12.4 Å². The minimum absolute atomic E-state index is 0.649. The fraction of sp³-hybridized carbons (Fsp3) is 0.312. The van der Waals surface area contributed by atoms with Gasteiger partial charge in [-0.2, -0.15) is 0 Å². The van der Waals surface area contributed by atoms with Crippen LogP contribution in [-0.2, 0) is 6.54 Å². The second kappa shape index (κ2) is 7.92. The number of halogens is 2. The average Bonchev–Trinajstić information content (AvgIpc) is 2.41. The lowest BCUT2D eigenvalue weighted by Gasteiger charge is -2.11. The highest BCUT2D eigenvalue weighted by Gasteiger charge is 2.04. The Kier molecular flexibility index (Phi) is 6.21. The molecule has 0 bridgehead atoms. The number of nitrogens with zero attached hydrogens (tertiary/aromatic N) is 1. The van der Waals surface area contributed by atoms with Crippen LogP contribution in [0, 0.1) is 5.92 Å². The molecule has 3 nitrogen and oxygen atoms in total. The minimum atomic E-state index is 0.649. The maximum absolute atomic E-state index is 5.79. The molecule has 0 aliphatic heterocycles. The van der Waals surface area contributed by atoms with Crippen molar-refractivity contribution in [3.8, 4) is 11.5 Å². The summed E-state index contributed by atoms with van der Waals surface area (Å²) in [6.45, 7) is 6.25. The Morgan fingerprint density at radius 3 is 2.62 bits per heavy atom. The topological polar surface area (TPSA) is 34.1 Å². The van der Waals surface area contributed by atoms with Gasteiger partial charge in [0.15, 0.2) is 0 Å². The molecule has 0 aliphatic carbocycles. The summed E-state index contributed by atoms with van der Waals surface area (Å²) in [6.07, 6.45) is 3.42. The molecule has 0 radical (unpaired) electrons. The van der Waals surface area contributed by atoms with E-state index in [1.807, 2.05) is 18.2 Å². The van der Waals surface area contributed by atoms with Gasteiger partial charge in [-0.25, -0.2) is 0 Å². The molecule has 0 saturated carbocycles. The van der Waals surface area contributed by atoms with E-state index in [0.717, 1.165) is 27.8 Å². The summed E-state index contributed by atoms with van der Waals surface area (Å²) in [4.78, 5) is 4.08. The smallest absolute Gasteiger partial charge is 0.146 e. The molecule has 1 heterocycles. The van der Waals surface area contributed by atoms with Crippen LogP contribution in [0.2, 0.25) is 0 Å². The molecule has 2 rings (SSSR count). The summed E-state index contributed by atoms with van der Waals surface area (Å²) in [5.74, 6) is 2.15. The van der Waals surface area contributed by atoms with Crippen LogP contribution in [0.25, 0.3) is 0 Å². The molecule has 0 atom stereocenters. The van der Waals surface area contributed by atoms with Crippen molar-refractivity contribution in [1.82, 2.24) is 10.3 Å². The number of hydrogen-bond acceptors (Lipinski definition) is 3. The van der Waals surface area contributed by atoms with Crippen LogP contribution in [0.3, 0.4) is 0 Å². The summed E-state index contributed by atoms with van der Waals surface area (Å²) in [6, 6.07) is 7.91. The van der Waals surface area contributed by atoms with Crippen LogP contribution in [0.5, 0.6) is 11.5 Å². The Hall–Kier alpha value is -0.910. The van der Waals surface area contributed by atoms with Crippen molar-refractivity contribution in [3.05, 3.63) is 51.2 Å². The normalized spacial score (nSPS) is 10.9. The maximum Gasteiger partial charge on any atom is 0.146 e. The lowest BCUT2D eigenvalue weighted by Crippen LogP contribution is -2.19. The van der Waals surface area contributed by atoms with E-state index in [0.29, 0.717) is 11.7 Å². The number of rotatable bonds is 6. The molecule has 1 aromatic carbocycles. The zero-order valence-electron chi connectivity index (χ0n) is 12.1. The van der Waals surface area contributed by atoms with E-state index in [2.05, 4.69) is 62.1 Å². The molecule has 21 heavy (non-hydrogen) atoms. The van der Waals surface area contributed by atoms with Gasteiger partial charge < -0.3 is 10.1 Å². The number of benzene rings is 1. The maximum atomic E-state index is 5.79. The van der Waals surface area contributed by atoms with Crippen LogP contribution in [-0.4, -0.2) is 11.5 Å². The molecule has 0 fully saturated rings. The number of pyridine rings is 1. The molecule has 2 aromatic rings. The molecule has 5 heteroatoms. The van der Waals surface area contributed by atoms with Crippen molar-refractivity contribution in [2.45, 2.75) is 20.4 Å². The Morgan fingerprint density at radius 2 is 1.95 bits per heavy atom. The molecule has 0 unspecified atom stereocenters. The zero-order valence-corrected chi connectivity index (χ0v) is 15.2. The first-order valence-electron chi connectivity index (χ1n) is 6.82. The highest BCUT2D eigenvalue weighted by atomic mass is 79.9. The lowest BCUT2D eigenvalue weighted by molar-refractivity contribution is 0.479. The summed E-state index contributed by atoms with van der Waals surface area (Å²) >= 11 is 6.98. The van der Waals surface area contributed by atoms with Gasteiger partial charge in [0.2, 0.25) is 0 Å². The van der Waals surface area contributed by atoms with Crippen molar-refractivity contribution >= 4 is 31.9 Å². The van der Waals surface area contributed by atoms with E-state index >= 15 is 0 Å². The summed E-state index contributed by atoms with van der Waals surface area (Å²) < 4.78 is 7.73. The first-order valence-corrected chi connectivity index (χ1v) is 8.40. The molecule has 0 saturated heterocycles. The van der Waals surface area contributed by atoms with Crippen LogP contribution < -0.4 is 10.1 Å². The van der Waals surface area contributed by atoms with Crippen molar-refractivity contribution in [2.24, 2.45) is 5.92 Å². The fourth-order valence-corrected chi connectivity index (χ4v) is 2.66. The molecule has 112 valence electrons. The highest BCUT2D eigenvalue weighted by molar-refractivity contribution is 9.10. The summed E-state index contributed by atoms with van der Waals surface area (Å²) in [7, 11) is 0. The van der Waals surface area contributed by atoms with Crippen LogP contribution in [0.15, 0.2) is 45.6 Å². The van der Waals surface area contributed by atoms with E-state index in [-0.39, 0.29) is 0 Å². The minimum Gasteiger partial charge on any atom is -0.456 e. The number of nitrogens with one attached hydrogen (secondary N) is 1. The zero-order chi connectivity index (χ0) is 15.2. The van der Waals surface area contributed by atoms with Crippen molar-refractivity contribution in [2.75, 3.05) is 6.54 Å². The Morgan fingerprint density at radius 1 is 1.14 bits per heavy atom. The lowest BCUT2D eigenvalue weighted by atomic mass is 10.2. The van der Waals surface area contributed by atoms with Gasteiger partial charge in [-0.1, -0.05) is 35.8 Å². The molecular formula is C16H18Br2N2O. The van der Waals surface area contributed by atoms with Crippen molar-refractivity contribution in [1.29, 1.82) is 0 Å². The first kappa shape index (κ1) is 16.5. The monoisotopic (exact) mass is 412 g/mol. The number of aromatic nitrogens is 1. The van der Waals surface area contributed by atoms with Crippen LogP contribution >= 0.6 is 31.9 Å². The predicted molar refractivity (Wildman–Crippen MR) is 92.7 cm³/mol. The predicted octanol–water partition coefficient (Wildman–Crippen LogP) is 5.14. The Bertz CT molecular complexity index is 603. The largest absolute Gasteiger partial charge is 0.456 e. The van der Waals surface area contributed by atoms with Gasteiger partial charge in [-0.05, 0) is 52.2 Å². The van der Waals surface area contributed by atoms with Crippen LogP contribution in [0.1, 0.15) is 19.4 Å². The third-order valence-electron chi connectivity index (χ3n) is 2.81. The second-order valence-corrected chi connectivity index (χ2v) is 6.99. The molecule has 1 N–H and O–H groups in total. The summed E-state index contributed by atoms with van der Waals surface area (Å²) in [5.41, 5.74) is 1.22. The molecule has 0 amide bonds. The average molecular weight is 414 g/mol. The van der Waals surface area contributed by atoms with Gasteiger partial charge in [0.1, 0.15) is 11.5 Å². The van der Waals surface area contributed by atoms with Crippen LogP contribution in [0.4, 0.5) is 0 Å². The molecule has 0 aliphatic rings. The van der Waals surface area contributed by atoms with E-state index in [1.165, 1.54) is 5.56 Å². The Labute approximate surface area is 142 Å². The third-order valence-corrected chi connectivity index (χ3v) is 3.98. The number of hydrogen-bond donors (Lipinski definition) is 1. The van der Waals surface area contributed by atoms with Gasteiger partial charge >= 0.3 is 0 Å². The first-order chi connectivity index (χ1) is 10.0. The van der Waals surface area contributed by atoms with E-state index in [9.17, 15) is 0 Å². The second-order valence-electron chi connectivity index (χ2n) is 5.22. The highest BCUT2D eigenvalue weighted by Crippen LogP contribution is 2.28. The van der Waals surface area contributed by atoms with E-state index < -0.39 is 0 Å². The number of ether oxygens (including phenoxy) is 1. The SMILES string of the molecule is CC(C)CNCc1ccc(Oc2cncc(Br)c2)cc1Br. The Balaban J connectivity index is 2.01. The fourth-order valence-electron chi connectivity index (χ4n) is 1.81. The molecule has 1 aromatic heterocycles. The molecule has 0 spiro atoms. The quantitative estimate of drug-likeness (QED) is 0.711. The standard InChI is InChI=1S/C16H18Br2N2O/c1-11(2)7-19-8-12-3-4-14(6-16(12)18)21-15-5-13(17)9-20-10-15/h3-6,9-11,19H,7-8H2,1-2H3.